The zero-order chi connectivity index (χ0) is 17.5. The number of allylic oxidation sites excluding steroid dienone is 1. The van der Waals surface area contributed by atoms with E-state index in [0.717, 1.165) is 11.3 Å². The van der Waals surface area contributed by atoms with E-state index in [-0.39, 0.29) is 17.9 Å². The zero-order valence-electron chi connectivity index (χ0n) is 13.1. The maximum absolute atomic E-state index is 11.9. The van der Waals surface area contributed by atoms with Gasteiger partial charge in [-0.1, -0.05) is 18.2 Å². The van der Waals surface area contributed by atoms with Gasteiger partial charge in [0.05, 0.1) is 18.1 Å². The van der Waals surface area contributed by atoms with Crippen LogP contribution in [0, 0.1) is 10.1 Å². The molecule has 0 saturated carbocycles. The second-order valence-corrected chi connectivity index (χ2v) is 5.14. The van der Waals surface area contributed by atoms with Gasteiger partial charge in [-0.2, -0.15) is 0 Å². The van der Waals surface area contributed by atoms with Gasteiger partial charge in [-0.3, -0.25) is 14.9 Å². The molecule has 0 aliphatic carbocycles. The highest BCUT2D eigenvalue weighted by molar-refractivity contribution is 5.93. The third-order valence-corrected chi connectivity index (χ3v) is 3.46. The van der Waals surface area contributed by atoms with Crippen molar-refractivity contribution in [3.8, 4) is 5.75 Å². The molecule has 124 valence electrons. The lowest BCUT2D eigenvalue weighted by atomic mass is 10.0. The highest BCUT2D eigenvalue weighted by Gasteiger charge is 2.13. The van der Waals surface area contributed by atoms with Crippen LogP contribution in [0.15, 0.2) is 54.6 Å². The van der Waals surface area contributed by atoms with Gasteiger partial charge in [-0.25, -0.2) is 0 Å². The second kappa shape index (κ2) is 8.03. The zero-order valence-corrected chi connectivity index (χ0v) is 13.1. The first kappa shape index (κ1) is 17.4. The number of methoxy groups -OCH3 is 1. The van der Waals surface area contributed by atoms with Gasteiger partial charge < -0.3 is 9.84 Å². The average molecular weight is 327 g/mol. The summed E-state index contributed by atoms with van der Waals surface area (Å²) in [6.07, 6.45) is 1.96. The molecule has 0 aromatic heterocycles. The number of rotatable bonds is 7. The molecule has 1 atom stereocenters. The molecule has 2 aromatic carbocycles. The van der Waals surface area contributed by atoms with Crippen molar-refractivity contribution in [3.63, 3.8) is 0 Å². The molecule has 0 heterocycles. The molecular weight excluding hydrogens is 310 g/mol. The largest absolute Gasteiger partial charge is 0.497 e. The van der Waals surface area contributed by atoms with Gasteiger partial charge in [0.25, 0.3) is 5.69 Å². The van der Waals surface area contributed by atoms with Crippen molar-refractivity contribution in [2.75, 3.05) is 7.11 Å². The molecular formula is C18H17NO5. The third kappa shape index (κ3) is 4.76. The van der Waals surface area contributed by atoms with E-state index in [2.05, 4.69) is 0 Å². The highest BCUT2D eigenvalue weighted by atomic mass is 16.6. The van der Waals surface area contributed by atoms with E-state index < -0.39 is 11.0 Å². The molecule has 2 aromatic rings. The summed E-state index contributed by atoms with van der Waals surface area (Å²) in [5, 5.41) is 20.6. The summed E-state index contributed by atoms with van der Waals surface area (Å²) in [6.45, 7) is 0. The number of carbonyl (C=O) groups excluding carboxylic acids is 1. The molecule has 0 radical (unpaired) electrons. The molecule has 0 spiro atoms. The molecule has 6 nitrogen and oxygen atoms in total. The summed E-state index contributed by atoms with van der Waals surface area (Å²) in [7, 11) is 1.58. The summed E-state index contributed by atoms with van der Waals surface area (Å²) in [5.74, 6) is 0.490. The molecule has 0 bridgehead atoms. The Morgan fingerprint density at radius 3 is 2.38 bits per heavy atom. The Morgan fingerprint density at radius 1 is 1.21 bits per heavy atom. The maximum atomic E-state index is 11.9. The normalized spacial score (nSPS) is 12.1. The fraction of sp³-hybridized carbons (Fsp3) is 0.167. The number of non-ortho nitro benzene ring substituents is 1. The van der Waals surface area contributed by atoms with Crippen molar-refractivity contribution in [1.82, 2.24) is 0 Å². The van der Waals surface area contributed by atoms with Crippen LogP contribution < -0.4 is 4.74 Å². The lowest BCUT2D eigenvalue weighted by Crippen LogP contribution is -2.04. The fourth-order valence-corrected chi connectivity index (χ4v) is 2.10. The van der Waals surface area contributed by atoms with Crippen LogP contribution >= 0.6 is 0 Å². The van der Waals surface area contributed by atoms with Crippen LogP contribution in [0.5, 0.6) is 5.75 Å². The highest BCUT2D eigenvalue weighted by Crippen LogP contribution is 2.21. The van der Waals surface area contributed by atoms with E-state index in [1.807, 2.05) is 12.1 Å². The number of aliphatic hydroxyl groups excluding tert-OH is 1. The van der Waals surface area contributed by atoms with Crippen molar-refractivity contribution in [2.24, 2.45) is 0 Å². The van der Waals surface area contributed by atoms with Gasteiger partial charge in [0, 0.05) is 18.6 Å². The van der Waals surface area contributed by atoms with Gasteiger partial charge in [-0.15, -0.1) is 0 Å². The Morgan fingerprint density at radius 2 is 1.83 bits per heavy atom. The number of hydrogen-bond donors (Lipinski definition) is 1. The number of ketones is 1. The van der Waals surface area contributed by atoms with Crippen LogP contribution in [-0.4, -0.2) is 22.9 Å². The van der Waals surface area contributed by atoms with Gasteiger partial charge in [0.1, 0.15) is 5.75 Å². The minimum absolute atomic E-state index is 0.0586. The molecule has 0 saturated heterocycles. The van der Waals surface area contributed by atoms with E-state index in [9.17, 15) is 20.0 Å². The van der Waals surface area contributed by atoms with Crippen LogP contribution in [-0.2, 0) is 4.79 Å². The first-order valence-electron chi connectivity index (χ1n) is 7.27. The maximum Gasteiger partial charge on any atom is 0.269 e. The van der Waals surface area contributed by atoms with Gasteiger partial charge in [0.2, 0.25) is 0 Å². The van der Waals surface area contributed by atoms with Crippen LogP contribution in [0.2, 0.25) is 0 Å². The number of hydrogen-bond acceptors (Lipinski definition) is 5. The lowest BCUT2D eigenvalue weighted by molar-refractivity contribution is -0.384. The smallest absolute Gasteiger partial charge is 0.269 e. The number of carbonyl (C=O) groups is 1. The first-order chi connectivity index (χ1) is 11.5. The molecule has 24 heavy (non-hydrogen) atoms. The van der Waals surface area contributed by atoms with Crippen molar-refractivity contribution in [3.05, 3.63) is 75.8 Å². The van der Waals surface area contributed by atoms with Gasteiger partial charge in [0.15, 0.2) is 5.78 Å². The molecule has 0 fully saturated rings. The lowest BCUT2D eigenvalue weighted by Gasteiger charge is -2.08. The molecule has 1 unspecified atom stereocenters. The Balaban J connectivity index is 1.95. The second-order valence-electron chi connectivity index (χ2n) is 5.14. The Hall–Kier alpha value is -2.99. The topological polar surface area (TPSA) is 89.7 Å². The molecule has 0 amide bonds. The summed E-state index contributed by atoms with van der Waals surface area (Å²) >= 11 is 0. The molecule has 1 N–H and O–H groups in total. The standard InChI is InChI=1S/C18H17NO5/c1-24-17-10-3-13(4-11-17)2-9-16(20)12-18(21)14-5-7-15(8-6-14)19(22)23/h2-11,18,21H,12H2,1H3/b9-2+. The molecule has 6 heteroatoms. The third-order valence-electron chi connectivity index (χ3n) is 3.46. The van der Waals surface area contributed by atoms with Crippen LogP contribution in [0.3, 0.4) is 0 Å². The van der Waals surface area contributed by atoms with E-state index in [1.165, 1.54) is 30.3 Å². The van der Waals surface area contributed by atoms with Crippen LogP contribution in [0.1, 0.15) is 23.7 Å². The van der Waals surface area contributed by atoms with E-state index in [4.69, 9.17) is 4.74 Å². The van der Waals surface area contributed by atoms with Gasteiger partial charge in [-0.05, 0) is 41.5 Å². The minimum atomic E-state index is -1.00. The Kier molecular flexibility index (Phi) is 5.81. The number of aliphatic hydroxyl groups is 1. The summed E-state index contributed by atoms with van der Waals surface area (Å²) in [5.41, 5.74) is 1.25. The predicted molar refractivity (Wildman–Crippen MR) is 89.7 cm³/mol. The SMILES string of the molecule is COc1ccc(/C=C/C(=O)CC(O)c2ccc([N+](=O)[O-])cc2)cc1. The van der Waals surface area contributed by atoms with E-state index >= 15 is 0 Å². The van der Waals surface area contributed by atoms with Crippen molar-refractivity contribution in [2.45, 2.75) is 12.5 Å². The predicted octanol–water partition coefficient (Wildman–Crippen LogP) is 3.31. The average Bonchev–Trinajstić information content (AvgIpc) is 2.60. The number of benzene rings is 2. The number of nitro benzene ring substituents is 1. The Bertz CT molecular complexity index is 735. The van der Waals surface area contributed by atoms with Crippen molar-refractivity contribution >= 4 is 17.5 Å². The first-order valence-corrected chi connectivity index (χ1v) is 7.27. The number of ether oxygens (including phenoxy) is 1. The molecule has 2 rings (SSSR count). The van der Waals surface area contributed by atoms with Crippen LogP contribution in [0.4, 0.5) is 5.69 Å². The summed E-state index contributed by atoms with van der Waals surface area (Å²) in [6, 6.07) is 12.7. The number of nitrogens with zero attached hydrogens (tertiary/aromatic N) is 1. The Labute approximate surface area is 139 Å². The molecule has 0 aliphatic rings. The molecule has 0 aliphatic heterocycles. The van der Waals surface area contributed by atoms with Crippen LogP contribution in [0.25, 0.3) is 6.08 Å². The van der Waals surface area contributed by atoms with E-state index in [0.29, 0.717) is 5.56 Å². The van der Waals surface area contributed by atoms with Crippen molar-refractivity contribution in [1.29, 1.82) is 0 Å². The summed E-state index contributed by atoms with van der Waals surface area (Å²) in [4.78, 5) is 22.0. The van der Waals surface area contributed by atoms with Gasteiger partial charge >= 0.3 is 0 Å². The van der Waals surface area contributed by atoms with E-state index in [1.54, 1.807) is 25.3 Å². The monoisotopic (exact) mass is 327 g/mol. The van der Waals surface area contributed by atoms with Crippen molar-refractivity contribution < 1.29 is 19.6 Å². The quantitative estimate of drug-likeness (QED) is 0.479. The fourth-order valence-electron chi connectivity index (χ4n) is 2.10. The summed E-state index contributed by atoms with van der Waals surface area (Å²) < 4.78 is 5.05. The number of nitro groups is 1. The minimum Gasteiger partial charge on any atom is -0.497 e.